The van der Waals surface area contributed by atoms with Gasteiger partial charge in [-0.1, -0.05) is 93.6 Å². The molecule has 0 radical (unpaired) electrons. The van der Waals surface area contributed by atoms with E-state index < -0.39 is 0 Å². The molecule has 6 heteroatoms. The van der Waals surface area contributed by atoms with Gasteiger partial charge in [0.1, 0.15) is 17.9 Å². The van der Waals surface area contributed by atoms with Crippen molar-refractivity contribution in [1.29, 1.82) is 10.5 Å². The highest BCUT2D eigenvalue weighted by Crippen LogP contribution is 2.34. The number of hydrogen-bond donors (Lipinski definition) is 3. The summed E-state index contributed by atoms with van der Waals surface area (Å²) < 4.78 is 13.8. The van der Waals surface area contributed by atoms with Crippen LogP contribution in [-0.2, 0) is 0 Å². The van der Waals surface area contributed by atoms with Crippen molar-refractivity contribution in [2.75, 3.05) is 6.61 Å². The topological polar surface area (TPSA) is 91.9 Å². The van der Waals surface area contributed by atoms with E-state index in [4.69, 9.17) is 10.5 Å². The molecule has 0 spiro atoms. The van der Waals surface area contributed by atoms with Crippen LogP contribution < -0.4 is 10.6 Å². The Morgan fingerprint density at radius 3 is 1.93 bits per heavy atom. The number of aliphatic hydroxyl groups is 1. The van der Waals surface area contributed by atoms with Crippen molar-refractivity contribution in [3.63, 3.8) is 0 Å². The minimum absolute atomic E-state index is 0. The van der Waals surface area contributed by atoms with Crippen molar-refractivity contribution in [1.82, 2.24) is 10.6 Å². The predicted octanol–water partition coefficient (Wildman–Crippen LogP) is 6.65. The largest absolute Gasteiger partial charge is 0.395 e. The van der Waals surface area contributed by atoms with E-state index in [1.165, 1.54) is 37.3 Å². The summed E-state index contributed by atoms with van der Waals surface area (Å²) in [7, 11) is 0. The molecule has 6 unspecified atom stereocenters. The summed E-state index contributed by atoms with van der Waals surface area (Å²) in [6, 6.07) is 27.2. The van der Waals surface area contributed by atoms with Crippen LogP contribution in [0.1, 0.15) is 75.0 Å². The summed E-state index contributed by atoms with van der Waals surface area (Å²) in [6.07, 6.45) is 6.26. The number of halogens is 1. The average Bonchev–Trinajstić information content (AvgIpc) is 3.52. The van der Waals surface area contributed by atoms with Gasteiger partial charge in [-0.3, -0.25) is 10.6 Å². The second-order valence-corrected chi connectivity index (χ2v) is 11.4. The maximum atomic E-state index is 13.8. The lowest BCUT2D eigenvalue weighted by Crippen LogP contribution is -2.60. The standard InChI is InChI=1S/C19H22N2.C17H15FN2O.CH4/c1-2-17-19(18(13-20)21-17)16-11-9-15(10-12-16)8-7-14-5-3-4-6-14;18-14-4-2-1-3-13(14)11-5-7-12(8-6-11)17-15(9-19)20-16(17)10-21;/h9-12,14,17-19,21H,2-6H2,1H3;1-8,15-17,20-21H,10H2;1H4. The summed E-state index contributed by atoms with van der Waals surface area (Å²) >= 11 is 0. The molecule has 5 nitrogen and oxygen atoms in total. The van der Waals surface area contributed by atoms with Crippen LogP contribution in [0.2, 0.25) is 0 Å². The zero-order valence-corrected chi connectivity index (χ0v) is 23.9. The molecular weight excluding hydrogens is 535 g/mol. The molecule has 222 valence electrons. The average molecular weight is 577 g/mol. The second-order valence-electron chi connectivity index (χ2n) is 11.4. The van der Waals surface area contributed by atoms with Crippen LogP contribution >= 0.6 is 0 Å². The lowest BCUT2D eigenvalue weighted by Gasteiger charge is -2.42. The molecule has 3 N–H and O–H groups in total. The first-order valence-corrected chi connectivity index (χ1v) is 14.9. The SMILES string of the molecule is C.CCC1NC(C#N)C1c1ccc(C#CC2CCCC2)cc1.N#CC1NC(CO)C1c1ccc(-c2ccccc2F)cc1. The molecule has 0 bridgehead atoms. The van der Waals surface area contributed by atoms with E-state index in [-0.39, 0.29) is 43.9 Å². The fourth-order valence-electron chi connectivity index (χ4n) is 6.35. The minimum atomic E-state index is -0.276. The first kappa shape index (κ1) is 31.9. The number of hydrogen-bond acceptors (Lipinski definition) is 5. The number of benzene rings is 3. The van der Waals surface area contributed by atoms with Gasteiger partial charge in [0.2, 0.25) is 0 Å². The number of nitrogens with zero attached hydrogens (tertiary/aromatic N) is 2. The maximum absolute atomic E-state index is 13.8. The molecule has 2 aliphatic heterocycles. The fourth-order valence-corrected chi connectivity index (χ4v) is 6.35. The molecule has 3 aromatic carbocycles. The summed E-state index contributed by atoms with van der Waals surface area (Å²) in [5.41, 5.74) is 4.71. The van der Waals surface area contributed by atoms with Gasteiger partial charge in [0.05, 0.1) is 18.7 Å². The normalized spacial score (nSPS) is 25.6. The van der Waals surface area contributed by atoms with Crippen molar-refractivity contribution >= 4 is 0 Å². The Bertz CT molecular complexity index is 1490. The van der Waals surface area contributed by atoms with Gasteiger partial charge >= 0.3 is 0 Å². The molecular formula is C37H41FN4O. The monoisotopic (exact) mass is 576 g/mol. The highest BCUT2D eigenvalue weighted by molar-refractivity contribution is 5.64. The molecule has 3 aromatic rings. The number of rotatable bonds is 5. The quantitative estimate of drug-likeness (QED) is 0.296. The third-order valence-electron chi connectivity index (χ3n) is 8.84. The van der Waals surface area contributed by atoms with Gasteiger partial charge in [-0.15, -0.1) is 0 Å². The van der Waals surface area contributed by atoms with E-state index in [9.17, 15) is 9.50 Å². The highest BCUT2D eigenvalue weighted by Gasteiger charge is 2.41. The van der Waals surface area contributed by atoms with Gasteiger partial charge < -0.3 is 5.11 Å². The molecule has 2 heterocycles. The van der Waals surface area contributed by atoms with Crippen LogP contribution in [0.3, 0.4) is 0 Å². The molecule has 43 heavy (non-hydrogen) atoms. The molecule has 3 aliphatic rings. The zero-order chi connectivity index (χ0) is 29.5. The predicted molar refractivity (Wildman–Crippen MR) is 169 cm³/mol. The second kappa shape index (κ2) is 15.0. The maximum Gasteiger partial charge on any atom is 0.131 e. The van der Waals surface area contributed by atoms with E-state index in [2.05, 4.69) is 65.8 Å². The van der Waals surface area contributed by atoms with Crippen molar-refractivity contribution in [3.05, 3.63) is 95.3 Å². The molecule has 3 fully saturated rings. The van der Waals surface area contributed by atoms with Gasteiger partial charge in [-0.05, 0) is 54.2 Å². The molecule has 1 saturated carbocycles. The van der Waals surface area contributed by atoms with Crippen LogP contribution in [0, 0.1) is 46.2 Å². The summed E-state index contributed by atoms with van der Waals surface area (Å²) in [6.45, 7) is 2.16. The van der Waals surface area contributed by atoms with E-state index >= 15 is 0 Å². The van der Waals surface area contributed by atoms with Crippen LogP contribution in [0.4, 0.5) is 4.39 Å². The molecule has 6 atom stereocenters. The first-order chi connectivity index (χ1) is 20.6. The van der Waals surface area contributed by atoms with Gasteiger partial charge in [0.15, 0.2) is 0 Å². The lowest BCUT2D eigenvalue weighted by molar-refractivity contribution is 0.151. The lowest BCUT2D eigenvalue weighted by atomic mass is 9.77. The fraction of sp³-hybridized carbons (Fsp3) is 0.405. The Labute approximate surface area is 255 Å². The van der Waals surface area contributed by atoms with E-state index in [0.717, 1.165) is 23.1 Å². The number of nitrogens with one attached hydrogen (secondary N) is 2. The van der Waals surface area contributed by atoms with Crippen molar-refractivity contribution in [3.8, 4) is 35.1 Å². The summed E-state index contributed by atoms with van der Waals surface area (Å²) in [5.74, 6) is 7.37. The Balaban J connectivity index is 0.000000192. The van der Waals surface area contributed by atoms with Crippen molar-refractivity contribution in [2.45, 2.75) is 82.5 Å². The van der Waals surface area contributed by atoms with Crippen LogP contribution in [0.5, 0.6) is 0 Å². The van der Waals surface area contributed by atoms with Gasteiger partial charge in [-0.25, -0.2) is 4.39 Å². The smallest absolute Gasteiger partial charge is 0.131 e. The third-order valence-corrected chi connectivity index (χ3v) is 8.84. The highest BCUT2D eigenvalue weighted by atomic mass is 19.1. The van der Waals surface area contributed by atoms with Crippen LogP contribution in [-0.4, -0.2) is 35.9 Å². The third kappa shape index (κ3) is 7.15. The van der Waals surface area contributed by atoms with Gasteiger partial charge in [-0.2, -0.15) is 10.5 Å². The van der Waals surface area contributed by atoms with Crippen molar-refractivity contribution < 1.29 is 9.50 Å². The molecule has 6 rings (SSSR count). The van der Waals surface area contributed by atoms with E-state index in [1.54, 1.807) is 18.2 Å². The summed E-state index contributed by atoms with van der Waals surface area (Å²) in [5, 5.41) is 33.8. The molecule has 0 amide bonds. The Morgan fingerprint density at radius 2 is 1.37 bits per heavy atom. The van der Waals surface area contributed by atoms with E-state index in [0.29, 0.717) is 23.4 Å². The van der Waals surface area contributed by atoms with Crippen molar-refractivity contribution in [2.24, 2.45) is 5.92 Å². The minimum Gasteiger partial charge on any atom is -0.395 e. The Hall–Kier alpha value is -3.99. The zero-order valence-electron chi connectivity index (χ0n) is 23.9. The number of aliphatic hydroxyl groups excluding tert-OH is 1. The van der Waals surface area contributed by atoms with Crippen LogP contribution in [0.15, 0.2) is 72.8 Å². The molecule has 2 saturated heterocycles. The molecule has 1 aliphatic carbocycles. The van der Waals surface area contributed by atoms with Gasteiger partial charge in [0, 0.05) is 41.0 Å². The molecule has 0 aromatic heterocycles. The number of nitriles is 2. The Kier molecular flexibility index (Phi) is 11.1. The van der Waals surface area contributed by atoms with Crippen LogP contribution in [0.25, 0.3) is 11.1 Å². The van der Waals surface area contributed by atoms with Gasteiger partial charge in [0.25, 0.3) is 0 Å². The Morgan fingerprint density at radius 1 is 0.814 bits per heavy atom. The first-order valence-electron chi connectivity index (χ1n) is 14.9. The van der Waals surface area contributed by atoms with E-state index in [1.807, 2.05) is 24.3 Å². The summed E-state index contributed by atoms with van der Waals surface area (Å²) in [4.78, 5) is 0.